The first kappa shape index (κ1) is 12.6. The third-order valence-corrected chi connectivity index (χ3v) is 3.15. The molecule has 92 valence electrons. The van der Waals surface area contributed by atoms with E-state index in [1.54, 1.807) is 30.5 Å². The Labute approximate surface area is 113 Å². The molecule has 0 atom stereocenters. The van der Waals surface area contributed by atoms with Crippen molar-refractivity contribution in [3.05, 3.63) is 52.3 Å². The van der Waals surface area contributed by atoms with Gasteiger partial charge in [-0.1, -0.05) is 6.07 Å². The SMILES string of the molecule is Cc1ccc(N)cc1C(=O)Nc1cccnc1Br. The van der Waals surface area contributed by atoms with Crippen molar-refractivity contribution in [3.8, 4) is 0 Å². The van der Waals surface area contributed by atoms with Crippen molar-refractivity contribution in [1.29, 1.82) is 0 Å². The second-order valence-corrected chi connectivity index (χ2v) is 4.62. The summed E-state index contributed by atoms with van der Waals surface area (Å²) >= 11 is 3.28. The van der Waals surface area contributed by atoms with Crippen LogP contribution in [0, 0.1) is 6.92 Å². The average Bonchev–Trinajstić information content (AvgIpc) is 2.35. The van der Waals surface area contributed by atoms with Crippen molar-refractivity contribution in [3.63, 3.8) is 0 Å². The molecule has 2 aromatic rings. The van der Waals surface area contributed by atoms with Gasteiger partial charge in [-0.25, -0.2) is 4.98 Å². The fourth-order valence-corrected chi connectivity index (χ4v) is 1.90. The predicted octanol–water partition coefficient (Wildman–Crippen LogP) is 2.99. The summed E-state index contributed by atoms with van der Waals surface area (Å²) in [4.78, 5) is 16.2. The van der Waals surface area contributed by atoms with E-state index >= 15 is 0 Å². The van der Waals surface area contributed by atoms with Gasteiger partial charge in [0.25, 0.3) is 5.91 Å². The molecule has 0 saturated carbocycles. The van der Waals surface area contributed by atoms with Crippen molar-refractivity contribution in [2.45, 2.75) is 6.92 Å². The summed E-state index contributed by atoms with van der Waals surface area (Å²) in [7, 11) is 0. The van der Waals surface area contributed by atoms with Crippen molar-refractivity contribution in [2.24, 2.45) is 0 Å². The van der Waals surface area contributed by atoms with E-state index in [4.69, 9.17) is 5.73 Å². The minimum atomic E-state index is -0.200. The molecule has 0 aliphatic rings. The fourth-order valence-electron chi connectivity index (χ4n) is 1.55. The maximum atomic E-state index is 12.1. The van der Waals surface area contributed by atoms with Crippen LogP contribution in [0.2, 0.25) is 0 Å². The maximum absolute atomic E-state index is 12.1. The lowest BCUT2D eigenvalue weighted by Crippen LogP contribution is -2.14. The van der Waals surface area contributed by atoms with E-state index in [1.165, 1.54) is 0 Å². The van der Waals surface area contributed by atoms with Crippen LogP contribution in [0.1, 0.15) is 15.9 Å². The Morgan fingerprint density at radius 1 is 1.39 bits per heavy atom. The highest BCUT2D eigenvalue weighted by atomic mass is 79.9. The standard InChI is InChI=1S/C13H12BrN3O/c1-8-4-5-9(15)7-10(8)13(18)17-11-3-2-6-16-12(11)14/h2-7H,15H2,1H3,(H,17,18). The number of carbonyl (C=O) groups excluding carboxylic acids is 1. The second-order valence-electron chi connectivity index (χ2n) is 3.87. The number of rotatable bonds is 2. The summed E-state index contributed by atoms with van der Waals surface area (Å²) in [5.41, 5.74) is 8.32. The van der Waals surface area contributed by atoms with Crippen LogP contribution in [-0.4, -0.2) is 10.9 Å². The molecule has 1 amide bonds. The topological polar surface area (TPSA) is 68.0 Å². The summed E-state index contributed by atoms with van der Waals surface area (Å²) in [5, 5.41) is 2.79. The number of nitrogens with two attached hydrogens (primary N) is 1. The van der Waals surface area contributed by atoms with E-state index in [0.29, 0.717) is 21.5 Å². The number of amides is 1. The summed E-state index contributed by atoms with van der Waals surface area (Å²) in [6, 6.07) is 8.78. The smallest absolute Gasteiger partial charge is 0.256 e. The Morgan fingerprint density at radius 3 is 2.89 bits per heavy atom. The summed E-state index contributed by atoms with van der Waals surface area (Å²) < 4.78 is 0.597. The lowest BCUT2D eigenvalue weighted by atomic mass is 10.1. The predicted molar refractivity (Wildman–Crippen MR) is 75.5 cm³/mol. The monoisotopic (exact) mass is 305 g/mol. The number of hydrogen-bond donors (Lipinski definition) is 2. The zero-order valence-electron chi connectivity index (χ0n) is 9.77. The zero-order chi connectivity index (χ0) is 13.1. The number of hydrogen-bond acceptors (Lipinski definition) is 3. The molecule has 0 aliphatic carbocycles. The van der Waals surface area contributed by atoms with Crippen LogP contribution >= 0.6 is 15.9 Å². The Balaban J connectivity index is 2.28. The van der Waals surface area contributed by atoms with Gasteiger partial charge in [0, 0.05) is 17.4 Å². The fraction of sp³-hybridized carbons (Fsp3) is 0.0769. The van der Waals surface area contributed by atoms with Crippen molar-refractivity contribution in [1.82, 2.24) is 4.98 Å². The van der Waals surface area contributed by atoms with E-state index in [0.717, 1.165) is 5.56 Å². The van der Waals surface area contributed by atoms with Gasteiger partial charge in [0.1, 0.15) is 4.60 Å². The first-order valence-corrected chi connectivity index (χ1v) is 6.15. The first-order valence-electron chi connectivity index (χ1n) is 5.36. The molecule has 3 N–H and O–H groups in total. The number of nitrogen functional groups attached to an aromatic ring is 1. The summed E-state index contributed by atoms with van der Waals surface area (Å²) in [6.07, 6.45) is 1.64. The van der Waals surface area contributed by atoms with Crippen LogP contribution in [-0.2, 0) is 0 Å². The molecular weight excluding hydrogens is 294 g/mol. The first-order chi connectivity index (χ1) is 8.58. The highest BCUT2D eigenvalue weighted by Gasteiger charge is 2.11. The molecule has 1 aromatic heterocycles. The van der Waals surface area contributed by atoms with Gasteiger partial charge in [-0.2, -0.15) is 0 Å². The molecule has 0 bridgehead atoms. The van der Waals surface area contributed by atoms with Crippen LogP contribution in [0.4, 0.5) is 11.4 Å². The Hall–Kier alpha value is -1.88. The molecule has 4 nitrogen and oxygen atoms in total. The molecule has 0 aliphatic heterocycles. The van der Waals surface area contributed by atoms with Crippen LogP contribution in [0.5, 0.6) is 0 Å². The number of nitrogens with one attached hydrogen (secondary N) is 1. The van der Waals surface area contributed by atoms with Crippen LogP contribution < -0.4 is 11.1 Å². The largest absolute Gasteiger partial charge is 0.399 e. The number of aromatic nitrogens is 1. The Morgan fingerprint density at radius 2 is 2.17 bits per heavy atom. The highest BCUT2D eigenvalue weighted by molar-refractivity contribution is 9.10. The van der Waals surface area contributed by atoms with Crippen LogP contribution in [0.15, 0.2) is 41.1 Å². The molecule has 2 rings (SSSR count). The summed E-state index contributed by atoms with van der Waals surface area (Å²) in [5.74, 6) is -0.200. The molecule has 0 spiro atoms. The molecular formula is C13H12BrN3O. The van der Waals surface area contributed by atoms with Crippen LogP contribution in [0.3, 0.4) is 0 Å². The zero-order valence-corrected chi connectivity index (χ0v) is 11.4. The molecule has 0 radical (unpaired) electrons. The molecule has 1 heterocycles. The molecule has 18 heavy (non-hydrogen) atoms. The van der Waals surface area contributed by atoms with Crippen molar-refractivity contribution in [2.75, 3.05) is 11.1 Å². The van der Waals surface area contributed by atoms with E-state index < -0.39 is 0 Å². The number of nitrogens with zero attached hydrogens (tertiary/aromatic N) is 1. The van der Waals surface area contributed by atoms with Gasteiger partial charge < -0.3 is 11.1 Å². The number of halogens is 1. The van der Waals surface area contributed by atoms with Crippen molar-refractivity contribution < 1.29 is 4.79 Å². The number of aryl methyl sites for hydroxylation is 1. The minimum Gasteiger partial charge on any atom is -0.399 e. The van der Waals surface area contributed by atoms with E-state index in [9.17, 15) is 4.79 Å². The Kier molecular flexibility index (Phi) is 3.62. The number of carbonyl (C=O) groups is 1. The second kappa shape index (κ2) is 5.18. The average molecular weight is 306 g/mol. The third-order valence-electron chi connectivity index (χ3n) is 2.51. The minimum absolute atomic E-state index is 0.200. The lowest BCUT2D eigenvalue weighted by Gasteiger charge is -2.09. The normalized spacial score (nSPS) is 10.1. The number of benzene rings is 1. The van der Waals surface area contributed by atoms with Gasteiger partial charge in [-0.3, -0.25) is 4.79 Å². The van der Waals surface area contributed by atoms with Gasteiger partial charge in [0.2, 0.25) is 0 Å². The van der Waals surface area contributed by atoms with Crippen LogP contribution in [0.25, 0.3) is 0 Å². The van der Waals surface area contributed by atoms with Gasteiger partial charge >= 0.3 is 0 Å². The van der Waals surface area contributed by atoms with Gasteiger partial charge in [-0.15, -0.1) is 0 Å². The molecule has 5 heteroatoms. The highest BCUT2D eigenvalue weighted by Crippen LogP contribution is 2.20. The molecule has 0 unspecified atom stereocenters. The lowest BCUT2D eigenvalue weighted by molar-refractivity contribution is 0.102. The van der Waals surface area contributed by atoms with Crippen molar-refractivity contribution >= 4 is 33.2 Å². The maximum Gasteiger partial charge on any atom is 0.256 e. The molecule has 0 saturated heterocycles. The van der Waals surface area contributed by atoms with E-state index in [1.807, 2.05) is 13.0 Å². The van der Waals surface area contributed by atoms with E-state index in [-0.39, 0.29) is 5.91 Å². The number of pyridine rings is 1. The molecule has 1 aromatic carbocycles. The van der Waals surface area contributed by atoms with Gasteiger partial charge in [0.15, 0.2) is 0 Å². The molecule has 0 fully saturated rings. The van der Waals surface area contributed by atoms with E-state index in [2.05, 4.69) is 26.2 Å². The third kappa shape index (κ3) is 2.68. The van der Waals surface area contributed by atoms with Gasteiger partial charge in [0.05, 0.1) is 5.69 Å². The Bertz CT molecular complexity index is 599. The quantitative estimate of drug-likeness (QED) is 0.662. The number of anilines is 2. The van der Waals surface area contributed by atoms with Gasteiger partial charge in [-0.05, 0) is 52.7 Å². The summed E-state index contributed by atoms with van der Waals surface area (Å²) in [6.45, 7) is 1.87.